The SMILES string of the molecule is C=C(C)C(=O)NC(=O)OCc1ccccc1. The van der Waals surface area contributed by atoms with Gasteiger partial charge in [0.15, 0.2) is 0 Å². The molecule has 84 valence electrons. The first-order valence-corrected chi connectivity index (χ1v) is 4.77. The van der Waals surface area contributed by atoms with E-state index in [2.05, 4.69) is 6.58 Å². The van der Waals surface area contributed by atoms with Crippen LogP contribution < -0.4 is 5.32 Å². The fourth-order valence-corrected chi connectivity index (χ4v) is 0.959. The number of imide groups is 1. The summed E-state index contributed by atoms with van der Waals surface area (Å²) in [5.41, 5.74) is 1.12. The van der Waals surface area contributed by atoms with Gasteiger partial charge in [-0.3, -0.25) is 10.1 Å². The van der Waals surface area contributed by atoms with E-state index >= 15 is 0 Å². The van der Waals surface area contributed by atoms with Gasteiger partial charge in [0.05, 0.1) is 0 Å². The maximum Gasteiger partial charge on any atom is 0.414 e. The van der Waals surface area contributed by atoms with Gasteiger partial charge in [-0.1, -0.05) is 36.9 Å². The Kier molecular flexibility index (Phi) is 4.27. The van der Waals surface area contributed by atoms with E-state index in [0.717, 1.165) is 5.56 Å². The number of hydrogen-bond donors (Lipinski definition) is 1. The van der Waals surface area contributed by atoms with Crippen LogP contribution in [-0.4, -0.2) is 12.0 Å². The zero-order valence-corrected chi connectivity index (χ0v) is 9.03. The number of amides is 2. The van der Waals surface area contributed by atoms with Crippen LogP contribution in [0.15, 0.2) is 42.5 Å². The fourth-order valence-electron chi connectivity index (χ4n) is 0.959. The number of rotatable bonds is 3. The molecular weight excluding hydrogens is 206 g/mol. The Morgan fingerprint density at radius 2 is 1.94 bits per heavy atom. The summed E-state index contributed by atoms with van der Waals surface area (Å²) >= 11 is 0. The van der Waals surface area contributed by atoms with Crippen LogP contribution in [0.25, 0.3) is 0 Å². The minimum Gasteiger partial charge on any atom is -0.444 e. The molecule has 0 aromatic heterocycles. The Morgan fingerprint density at radius 1 is 1.31 bits per heavy atom. The third-order valence-electron chi connectivity index (χ3n) is 1.82. The predicted octanol–water partition coefficient (Wildman–Crippen LogP) is 2.02. The number of alkyl carbamates (subject to hydrolysis) is 1. The van der Waals surface area contributed by atoms with Crippen LogP contribution >= 0.6 is 0 Å². The third kappa shape index (κ3) is 3.96. The summed E-state index contributed by atoms with van der Waals surface area (Å²) in [7, 11) is 0. The summed E-state index contributed by atoms with van der Waals surface area (Å²) in [6.45, 7) is 5.06. The molecule has 1 aromatic carbocycles. The molecule has 1 aromatic rings. The summed E-state index contributed by atoms with van der Waals surface area (Å²) in [5, 5.41) is 2.05. The Labute approximate surface area is 93.9 Å². The van der Waals surface area contributed by atoms with Gasteiger partial charge in [-0.2, -0.15) is 0 Å². The molecule has 0 unspecified atom stereocenters. The molecule has 0 spiro atoms. The Bertz CT molecular complexity index is 398. The standard InChI is InChI=1S/C12H13NO3/c1-9(2)11(14)13-12(15)16-8-10-6-4-3-5-7-10/h3-7H,1,8H2,2H3,(H,13,14,15). The van der Waals surface area contributed by atoms with Crippen molar-refractivity contribution in [1.82, 2.24) is 5.32 Å². The van der Waals surface area contributed by atoms with Crippen LogP contribution in [0.3, 0.4) is 0 Å². The summed E-state index contributed by atoms with van der Waals surface area (Å²) in [5.74, 6) is -0.530. The number of benzene rings is 1. The summed E-state index contributed by atoms with van der Waals surface area (Å²) in [4.78, 5) is 22.2. The Balaban J connectivity index is 2.36. The number of nitrogens with one attached hydrogen (secondary N) is 1. The smallest absolute Gasteiger partial charge is 0.414 e. The Morgan fingerprint density at radius 3 is 2.50 bits per heavy atom. The van der Waals surface area contributed by atoms with Crippen molar-refractivity contribution in [1.29, 1.82) is 0 Å². The van der Waals surface area contributed by atoms with Crippen molar-refractivity contribution in [3.63, 3.8) is 0 Å². The molecule has 0 aliphatic carbocycles. The van der Waals surface area contributed by atoms with Gasteiger partial charge in [0.1, 0.15) is 6.61 Å². The highest BCUT2D eigenvalue weighted by Crippen LogP contribution is 2.00. The van der Waals surface area contributed by atoms with Gasteiger partial charge in [0.2, 0.25) is 0 Å². The van der Waals surface area contributed by atoms with Crippen LogP contribution in [0.4, 0.5) is 4.79 Å². The topological polar surface area (TPSA) is 55.4 Å². The molecular formula is C12H13NO3. The summed E-state index contributed by atoms with van der Waals surface area (Å²) < 4.78 is 4.84. The first-order chi connectivity index (χ1) is 7.59. The Hall–Kier alpha value is -2.10. The molecule has 0 radical (unpaired) electrons. The summed E-state index contributed by atoms with van der Waals surface area (Å²) in [6.07, 6.45) is -0.767. The first-order valence-electron chi connectivity index (χ1n) is 4.77. The van der Waals surface area contributed by atoms with Crippen molar-refractivity contribution in [2.45, 2.75) is 13.5 Å². The molecule has 4 heteroatoms. The second kappa shape index (κ2) is 5.70. The lowest BCUT2D eigenvalue weighted by Crippen LogP contribution is -2.31. The van der Waals surface area contributed by atoms with Crippen molar-refractivity contribution in [3.05, 3.63) is 48.0 Å². The largest absolute Gasteiger partial charge is 0.444 e. The summed E-state index contributed by atoms with van der Waals surface area (Å²) in [6, 6.07) is 9.21. The maximum absolute atomic E-state index is 11.1. The van der Waals surface area contributed by atoms with Gasteiger partial charge in [-0.25, -0.2) is 4.79 Å². The van der Waals surface area contributed by atoms with E-state index in [-0.39, 0.29) is 12.2 Å². The molecule has 0 saturated heterocycles. The van der Waals surface area contributed by atoms with Crippen molar-refractivity contribution in [2.75, 3.05) is 0 Å². The monoisotopic (exact) mass is 219 g/mol. The van der Waals surface area contributed by atoms with E-state index < -0.39 is 12.0 Å². The normalized spacial score (nSPS) is 9.31. The van der Waals surface area contributed by atoms with Gasteiger partial charge < -0.3 is 4.74 Å². The highest BCUT2D eigenvalue weighted by Gasteiger charge is 2.08. The number of carbonyl (C=O) groups excluding carboxylic acids is 2. The minimum atomic E-state index is -0.767. The van der Waals surface area contributed by atoms with Crippen LogP contribution in [0.2, 0.25) is 0 Å². The average molecular weight is 219 g/mol. The molecule has 0 saturated carbocycles. The maximum atomic E-state index is 11.1. The molecule has 0 aliphatic rings. The lowest BCUT2D eigenvalue weighted by Gasteiger charge is -2.05. The van der Waals surface area contributed by atoms with Crippen LogP contribution in [0.5, 0.6) is 0 Å². The van der Waals surface area contributed by atoms with E-state index in [4.69, 9.17) is 4.74 Å². The zero-order chi connectivity index (χ0) is 12.0. The average Bonchev–Trinajstić information content (AvgIpc) is 2.27. The number of carbonyl (C=O) groups is 2. The second-order valence-electron chi connectivity index (χ2n) is 3.30. The molecule has 16 heavy (non-hydrogen) atoms. The fraction of sp³-hybridized carbons (Fsp3) is 0.167. The van der Waals surface area contributed by atoms with E-state index in [1.165, 1.54) is 6.92 Å². The predicted molar refractivity (Wildman–Crippen MR) is 59.6 cm³/mol. The van der Waals surface area contributed by atoms with Gasteiger partial charge in [0, 0.05) is 5.57 Å². The van der Waals surface area contributed by atoms with Crippen LogP contribution in [-0.2, 0) is 16.1 Å². The highest BCUT2D eigenvalue weighted by molar-refractivity contribution is 6.01. The first kappa shape index (κ1) is 12.0. The molecule has 1 rings (SSSR count). The second-order valence-corrected chi connectivity index (χ2v) is 3.30. The zero-order valence-electron chi connectivity index (χ0n) is 9.03. The molecule has 2 amide bonds. The van der Waals surface area contributed by atoms with Crippen molar-refractivity contribution in [2.24, 2.45) is 0 Å². The quantitative estimate of drug-likeness (QED) is 0.791. The molecule has 0 heterocycles. The lowest BCUT2D eigenvalue weighted by molar-refractivity contribution is -0.116. The van der Waals surface area contributed by atoms with Crippen molar-refractivity contribution in [3.8, 4) is 0 Å². The number of hydrogen-bond acceptors (Lipinski definition) is 3. The third-order valence-corrected chi connectivity index (χ3v) is 1.82. The van der Waals surface area contributed by atoms with E-state index in [1.54, 1.807) is 0 Å². The molecule has 0 bridgehead atoms. The minimum absolute atomic E-state index is 0.135. The highest BCUT2D eigenvalue weighted by atomic mass is 16.5. The van der Waals surface area contributed by atoms with Crippen LogP contribution in [0.1, 0.15) is 12.5 Å². The van der Waals surface area contributed by atoms with Crippen LogP contribution in [0, 0.1) is 0 Å². The molecule has 0 fully saturated rings. The van der Waals surface area contributed by atoms with Gasteiger partial charge >= 0.3 is 6.09 Å². The molecule has 1 N–H and O–H groups in total. The van der Waals surface area contributed by atoms with Gasteiger partial charge in [0.25, 0.3) is 5.91 Å². The molecule has 0 atom stereocenters. The van der Waals surface area contributed by atoms with Gasteiger partial charge in [-0.15, -0.1) is 0 Å². The van der Waals surface area contributed by atoms with E-state index in [1.807, 2.05) is 35.6 Å². The van der Waals surface area contributed by atoms with E-state index in [0.29, 0.717) is 0 Å². The number of ether oxygens (including phenoxy) is 1. The molecule has 4 nitrogen and oxygen atoms in total. The molecule has 0 aliphatic heterocycles. The lowest BCUT2D eigenvalue weighted by atomic mass is 10.2. The van der Waals surface area contributed by atoms with Gasteiger partial charge in [-0.05, 0) is 12.5 Å². The van der Waals surface area contributed by atoms with Crippen molar-refractivity contribution < 1.29 is 14.3 Å². The van der Waals surface area contributed by atoms with E-state index in [9.17, 15) is 9.59 Å². The van der Waals surface area contributed by atoms with Crippen molar-refractivity contribution >= 4 is 12.0 Å².